The van der Waals surface area contributed by atoms with Gasteiger partial charge in [0.2, 0.25) is 11.8 Å². The van der Waals surface area contributed by atoms with E-state index in [2.05, 4.69) is 30.5 Å². The number of rotatable bonds is 9. The van der Waals surface area contributed by atoms with Crippen molar-refractivity contribution < 1.29 is 27.8 Å². The molecule has 1 aromatic heterocycles. The van der Waals surface area contributed by atoms with E-state index < -0.39 is 12.7 Å². The van der Waals surface area contributed by atoms with E-state index in [1.165, 1.54) is 23.1 Å². The van der Waals surface area contributed by atoms with Crippen molar-refractivity contribution in [3.05, 3.63) is 53.8 Å². The Hall–Kier alpha value is -4.00. The van der Waals surface area contributed by atoms with E-state index in [1.807, 2.05) is 0 Å². The van der Waals surface area contributed by atoms with E-state index in [9.17, 15) is 18.4 Å². The third kappa shape index (κ3) is 7.40. The Labute approximate surface area is 240 Å². The van der Waals surface area contributed by atoms with Gasteiger partial charge in [0, 0.05) is 43.9 Å². The van der Waals surface area contributed by atoms with Crippen LogP contribution in [0.3, 0.4) is 0 Å². The number of tetrazole rings is 1. The predicted octanol–water partition coefficient (Wildman–Crippen LogP) is 4.00. The van der Waals surface area contributed by atoms with Crippen LogP contribution in [0, 0.1) is 0 Å². The normalized spacial score (nSPS) is 17.9. The van der Waals surface area contributed by atoms with Gasteiger partial charge >= 0.3 is 6.61 Å². The highest BCUT2D eigenvalue weighted by Crippen LogP contribution is 2.32. The first kappa shape index (κ1) is 28.5. The average molecular weight is 590 g/mol. The fourth-order valence-electron chi connectivity index (χ4n) is 5.13. The highest BCUT2D eigenvalue weighted by molar-refractivity contribution is 6.32. The minimum atomic E-state index is -2.85. The number of anilines is 2. The van der Waals surface area contributed by atoms with Crippen LogP contribution in [0.25, 0.3) is 0 Å². The number of hydrogen-bond donors (Lipinski definition) is 1. The van der Waals surface area contributed by atoms with E-state index in [0.29, 0.717) is 29.4 Å². The number of carbonyl (C=O) groups excluding carboxylic acids is 2. The van der Waals surface area contributed by atoms with Crippen LogP contribution in [-0.2, 0) is 16.1 Å². The van der Waals surface area contributed by atoms with Gasteiger partial charge < -0.3 is 24.6 Å². The van der Waals surface area contributed by atoms with Gasteiger partial charge in [-0.05, 0) is 72.2 Å². The fourth-order valence-corrected chi connectivity index (χ4v) is 5.36. The number of amides is 2. The first-order chi connectivity index (χ1) is 19.9. The summed E-state index contributed by atoms with van der Waals surface area (Å²) in [5.41, 5.74) is 1.44. The fraction of sp³-hybridized carbons (Fsp3) is 0.444. The molecule has 5 rings (SSSR count). The number of ether oxygens (including phenoxy) is 2. The summed E-state index contributed by atoms with van der Waals surface area (Å²) in [6, 6.07) is 11.1. The Kier molecular flexibility index (Phi) is 9.12. The molecule has 2 aromatic carbocycles. The number of hydrogen-bond acceptors (Lipinski definition) is 8. The van der Waals surface area contributed by atoms with E-state index in [4.69, 9.17) is 16.3 Å². The highest BCUT2D eigenvalue weighted by atomic mass is 35.5. The van der Waals surface area contributed by atoms with Gasteiger partial charge in [-0.15, -0.1) is 5.10 Å². The number of likely N-dealkylation sites (tertiary alicyclic amines) is 1. The van der Waals surface area contributed by atoms with Crippen LogP contribution in [0.15, 0.2) is 48.8 Å². The Morgan fingerprint density at radius 3 is 2.51 bits per heavy atom. The van der Waals surface area contributed by atoms with Gasteiger partial charge in [0.05, 0.1) is 5.02 Å². The van der Waals surface area contributed by atoms with Crippen LogP contribution in [-0.4, -0.2) is 75.3 Å². The molecule has 41 heavy (non-hydrogen) atoms. The van der Waals surface area contributed by atoms with Crippen molar-refractivity contribution in [1.29, 1.82) is 0 Å². The number of alkyl halides is 2. The Morgan fingerprint density at radius 2 is 1.83 bits per heavy atom. The highest BCUT2D eigenvalue weighted by Gasteiger charge is 2.32. The maximum atomic E-state index is 13.1. The molecule has 218 valence electrons. The molecular formula is C27H30ClF2N7O4. The largest absolute Gasteiger partial charge is 0.489 e. The summed E-state index contributed by atoms with van der Waals surface area (Å²) in [6.07, 6.45) is 5.05. The van der Waals surface area contributed by atoms with Gasteiger partial charge in [-0.1, -0.05) is 11.6 Å². The van der Waals surface area contributed by atoms with Crippen molar-refractivity contribution in [3.63, 3.8) is 0 Å². The summed E-state index contributed by atoms with van der Waals surface area (Å²) in [5, 5.41) is 14.1. The minimum absolute atomic E-state index is 0.0316. The molecule has 1 N–H and O–H groups in total. The van der Waals surface area contributed by atoms with Gasteiger partial charge in [-0.25, -0.2) is 4.68 Å². The van der Waals surface area contributed by atoms with Crippen LogP contribution >= 0.6 is 11.6 Å². The van der Waals surface area contributed by atoms with Crippen LogP contribution in [0.2, 0.25) is 5.02 Å². The third-order valence-corrected chi connectivity index (χ3v) is 7.47. The van der Waals surface area contributed by atoms with Gasteiger partial charge in [0.1, 0.15) is 36.5 Å². The lowest BCUT2D eigenvalue weighted by Crippen LogP contribution is -2.51. The summed E-state index contributed by atoms with van der Waals surface area (Å²) in [6.45, 7) is -0.927. The number of nitrogens with zero attached hydrogens (tertiary/aromatic N) is 6. The van der Waals surface area contributed by atoms with Crippen molar-refractivity contribution in [2.24, 2.45) is 0 Å². The Morgan fingerprint density at radius 1 is 1.05 bits per heavy atom. The molecule has 2 aliphatic rings. The third-order valence-electron chi connectivity index (χ3n) is 7.18. The van der Waals surface area contributed by atoms with Crippen molar-refractivity contribution in [2.45, 2.75) is 57.4 Å². The molecular weight excluding hydrogens is 560 g/mol. The number of aromatic nitrogens is 4. The zero-order valence-electron chi connectivity index (χ0n) is 22.2. The van der Waals surface area contributed by atoms with Crippen molar-refractivity contribution in [1.82, 2.24) is 25.1 Å². The van der Waals surface area contributed by atoms with Crippen LogP contribution in [0.5, 0.6) is 11.5 Å². The first-order valence-electron chi connectivity index (χ1n) is 13.4. The lowest BCUT2D eigenvalue weighted by molar-refractivity contribution is -0.141. The lowest BCUT2D eigenvalue weighted by atomic mass is 10.0. The van der Waals surface area contributed by atoms with Crippen molar-refractivity contribution in [2.75, 3.05) is 29.9 Å². The monoisotopic (exact) mass is 589 g/mol. The molecule has 2 fully saturated rings. The second-order valence-electron chi connectivity index (χ2n) is 9.92. The molecule has 0 spiro atoms. The maximum absolute atomic E-state index is 13.1. The summed E-state index contributed by atoms with van der Waals surface area (Å²) in [5.74, 6) is 0.151. The zero-order chi connectivity index (χ0) is 28.8. The van der Waals surface area contributed by atoms with E-state index in [-0.39, 0.29) is 30.2 Å². The molecule has 2 saturated heterocycles. The van der Waals surface area contributed by atoms with E-state index in [0.717, 1.165) is 44.5 Å². The van der Waals surface area contributed by atoms with Gasteiger partial charge in [-0.3, -0.25) is 9.59 Å². The lowest BCUT2D eigenvalue weighted by Gasteiger charge is -2.34. The molecule has 1 atom stereocenters. The second kappa shape index (κ2) is 13.1. The molecule has 2 amide bonds. The molecule has 3 aromatic rings. The first-order valence-corrected chi connectivity index (χ1v) is 13.8. The topological polar surface area (TPSA) is 115 Å². The number of carbonyl (C=O) groups is 2. The number of nitrogens with one attached hydrogen (secondary N) is 1. The standard InChI is InChI=1S/C27H30ClF2N7O4/c28-22-15-18(32-26(39)23-3-1-2-12-37(23)25(38)16-36-17-31-33-34-36)4-9-24(22)40-21-10-13-35(14-11-21)19-5-7-20(8-6-19)41-27(29)30/h4-9,15,17,21,23,27H,1-3,10-14,16H2,(H,32,39)/t23-/m1/s1. The second-order valence-corrected chi connectivity index (χ2v) is 10.3. The molecule has 11 nitrogen and oxygen atoms in total. The summed E-state index contributed by atoms with van der Waals surface area (Å²) >= 11 is 6.51. The molecule has 0 bridgehead atoms. The van der Waals surface area contributed by atoms with Crippen molar-refractivity contribution >= 4 is 34.8 Å². The van der Waals surface area contributed by atoms with Crippen LogP contribution in [0.4, 0.5) is 20.2 Å². The summed E-state index contributed by atoms with van der Waals surface area (Å²) in [7, 11) is 0. The SMILES string of the molecule is O=C(Nc1ccc(OC2CCN(c3ccc(OC(F)F)cc3)CC2)c(Cl)c1)[C@H]1CCCCN1C(=O)Cn1cnnn1. The van der Waals surface area contributed by atoms with Crippen LogP contribution in [0.1, 0.15) is 32.1 Å². The average Bonchev–Trinajstić information content (AvgIpc) is 3.48. The predicted molar refractivity (Wildman–Crippen MR) is 146 cm³/mol. The van der Waals surface area contributed by atoms with Gasteiger partial charge in [-0.2, -0.15) is 8.78 Å². The molecule has 14 heteroatoms. The van der Waals surface area contributed by atoms with Gasteiger partial charge in [0.25, 0.3) is 0 Å². The molecule has 0 saturated carbocycles. The van der Waals surface area contributed by atoms with Crippen LogP contribution < -0.4 is 19.7 Å². The quantitative estimate of drug-likeness (QED) is 0.398. The number of benzene rings is 2. The molecule has 0 unspecified atom stereocenters. The van der Waals surface area contributed by atoms with E-state index in [1.54, 1.807) is 35.2 Å². The Balaban J connectivity index is 1.13. The summed E-state index contributed by atoms with van der Waals surface area (Å²) < 4.78 is 36.7. The van der Waals surface area contributed by atoms with E-state index >= 15 is 0 Å². The Bertz CT molecular complexity index is 1320. The smallest absolute Gasteiger partial charge is 0.387 e. The number of halogens is 3. The van der Waals surface area contributed by atoms with Crippen molar-refractivity contribution in [3.8, 4) is 11.5 Å². The minimum Gasteiger partial charge on any atom is -0.489 e. The van der Waals surface area contributed by atoms with Gasteiger partial charge in [0.15, 0.2) is 0 Å². The molecule has 2 aliphatic heterocycles. The summed E-state index contributed by atoms with van der Waals surface area (Å²) in [4.78, 5) is 29.7. The number of piperidine rings is 2. The zero-order valence-corrected chi connectivity index (χ0v) is 22.9. The molecule has 3 heterocycles. The molecule has 0 aliphatic carbocycles. The molecule has 0 radical (unpaired) electrons. The maximum Gasteiger partial charge on any atom is 0.387 e.